The SMILES string of the molecule is C=CC(=O)OCCCCCCCCC(C)C. The number of ether oxygens (including phenoxy) is 1. The predicted octanol–water partition coefficient (Wildman–Crippen LogP) is 4.10. The average molecular weight is 226 g/mol. The van der Waals surface area contributed by atoms with E-state index in [-0.39, 0.29) is 5.97 Å². The second-order valence-electron chi connectivity index (χ2n) is 4.68. The second kappa shape index (κ2) is 10.7. The minimum Gasteiger partial charge on any atom is -0.463 e. The van der Waals surface area contributed by atoms with E-state index >= 15 is 0 Å². The third-order valence-corrected chi connectivity index (χ3v) is 2.59. The van der Waals surface area contributed by atoms with Crippen molar-refractivity contribution in [1.29, 1.82) is 0 Å². The van der Waals surface area contributed by atoms with Gasteiger partial charge in [-0.1, -0.05) is 59.0 Å². The quantitative estimate of drug-likeness (QED) is 0.318. The summed E-state index contributed by atoms with van der Waals surface area (Å²) in [6, 6.07) is 0. The summed E-state index contributed by atoms with van der Waals surface area (Å²) in [5.74, 6) is 0.523. The number of hydrogen-bond acceptors (Lipinski definition) is 2. The van der Waals surface area contributed by atoms with Crippen molar-refractivity contribution in [2.24, 2.45) is 5.92 Å². The maximum Gasteiger partial charge on any atom is 0.330 e. The van der Waals surface area contributed by atoms with Crippen LogP contribution in [0.3, 0.4) is 0 Å². The molecule has 0 N–H and O–H groups in total. The lowest BCUT2D eigenvalue weighted by Gasteiger charge is -2.04. The van der Waals surface area contributed by atoms with Crippen molar-refractivity contribution in [3.63, 3.8) is 0 Å². The molecule has 0 aromatic rings. The molecule has 0 radical (unpaired) electrons. The van der Waals surface area contributed by atoms with Crippen LogP contribution in [0.2, 0.25) is 0 Å². The molecule has 16 heavy (non-hydrogen) atoms. The number of carbonyl (C=O) groups is 1. The van der Waals surface area contributed by atoms with Crippen molar-refractivity contribution in [2.45, 2.75) is 58.8 Å². The summed E-state index contributed by atoms with van der Waals surface area (Å²) in [5, 5.41) is 0. The highest BCUT2D eigenvalue weighted by molar-refractivity contribution is 5.81. The van der Waals surface area contributed by atoms with E-state index in [1.54, 1.807) is 0 Å². The van der Waals surface area contributed by atoms with Gasteiger partial charge < -0.3 is 4.74 Å². The molecule has 0 saturated carbocycles. The number of rotatable bonds is 10. The normalized spacial score (nSPS) is 10.4. The summed E-state index contributed by atoms with van der Waals surface area (Å²) < 4.78 is 4.89. The molecule has 0 atom stereocenters. The molecule has 0 unspecified atom stereocenters. The molecule has 94 valence electrons. The molecule has 0 aliphatic rings. The van der Waals surface area contributed by atoms with Crippen LogP contribution in [0.1, 0.15) is 58.8 Å². The molecule has 0 aromatic carbocycles. The third-order valence-electron chi connectivity index (χ3n) is 2.59. The summed E-state index contributed by atoms with van der Waals surface area (Å²) in [6.07, 6.45) is 9.94. The van der Waals surface area contributed by atoms with Crippen molar-refractivity contribution in [1.82, 2.24) is 0 Å². The van der Waals surface area contributed by atoms with Crippen molar-refractivity contribution in [2.75, 3.05) is 6.61 Å². The van der Waals surface area contributed by atoms with Gasteiger partial charge in [-0.25, -0.2) is 4.79 Å². The van der Waals surface area contributed by atoms with Crippen LogP contribution < -0.4 is 0 Å². The van der Waals surface area contributed by atoms with E-state index in [2.05, 4.69) is 20.4 Å². The highest BCUT2D eigenvalue weighted by Crippen LogP contribution is 2.11. The van der Waals surface area contributed by atoms with Crippen LogP contribution in [0, 0.1) is 5.92 Å². The number of esters is 1. The lowest BCUT2D eigenvalue weighted by molar-refractivity contribution is -0.137. The van der Waals surface area contributed by atoms with Gasteiger partial charge in [0.05, 0.1) is 6.61 Å². The monoisotopic (exact) mass is 226 g/mol. The van der Waals surface area contributed by atoms with E-state index in [0.717, 1.165) is 18.8 Å². The van der Waals surface area contributed by atoms with Gasteiger partial charge in [0.2, 0.25) is 0 Å². The number of hydrogen-bond donors (Lipinski definition) is 0. The van der Waals surface area contributed by atoms with Crippen LogP contribution in [-0.4, -0.2) is 12.6 Å². The van der Waals surface area contributed by atoms with Crippen LogP contribution in [0.5, 0.6) is 0 Å². The van der Waals surface area contributed by atoms with E-state index < -0.39 is 0 Å². The average Bonchev–Trinajstić information content (AvgIpc) is 2.26. The van der Waals surface area contributed by atoms with Gasteiger partial charge >= 0.3 is 5.97 Å². The fraction of sp³-hybridized carbons (Fsp3) is 0.786. The highest BCUT2D eigenvalue weighted by Gasteiger charge is 1.96. The summed E-state index contributed by atoms with van der Waals surface area (Å²) in [6.45, 7) is 8.43. The predicted molar refractivity (Wildman–Crippen MR) is 68.3 cm³/mol. The molecule has 0 spiro atoms. The van der Waals surface area contributed by atoms with Crippen molar-refractivity contribution in [3.8, 4) is 0 Å². The Bertz CT molecular complexity index is 185. The summed E-state index contributed by atoms with van der Waals surface area (Å²) in [4.78, 5) is 10.7. The second-order valence-corrected chi connectivity index (χ2v) is 4.68. The molecule has 0 heterocycles. The third kappa shape index (κ3) is 11.3. The zero-order chi connectivity index (χ0) is 12.2. The maximum atomic E-state index is 10.7. The Kier molecular flexibility index (Phi) is 10.2. The van der Waals surface area contributed by atoms with Gasteiger partial charge in [-0.15, -0.1) is 0 Å². The summed E-state index contributed by atoms with van der Waals surface area (Å²) in [5.41, 5.74) is 0. The summed E-state index contributed by atoms with van der Waals surface area (Å²) in [7, 11) is 0. The van der Waals surface area contributed by atoms with Gasteiger partial charge in [0, 0.05) is 6.08 Å². The molecule has 0 rings (SSSR count). The Labute approximate surface area is 100 Å². The van der Waals surface area contributed by atoms with Gasteiger partial charge in [-0.2, -0.15) is 0 Å². The first-order valence-corrected chi connectivity index (χ1v) is 6.46. The fourth-order valence-corrected chi connectivity index (χ4v) is 1.59. The molecular weight excluding hydrogens is 200 g/mol. The van der Waals surface area contributed by atoms with Crippen LogP contribution in [0.4, 0.5) is 0 Å². The molecule has 0 aromatic heterocycles. The smallest absolute Gasteiger partial charge is 0.330 e. The molecule has 0 aliphatic heterocycles. The molecule has 0 fully saturated rings. The largest absolute Gasteiger partial charge is 0.463 e. The first-order valence-electron chi connectivity index (χ1n) is 6.46. The Hall–Kier alpha value is -0.790. The first-order chi connectivity index (χ1) is 7.66. The first kappa shape index (κ1) is 15.2. The van der Waals surface area contributed by atoms with Crippen LogP contribution in [0.15, 0.2) is 12.7 Å². The Balaban J connectivity index is 3.04. The Morgan fingerprint density at radius 1 is 1.12 bits per heavy atom. The van der Waals surface area contributed by atoms with Gasteiger partial charge in [-0.3, -0.25) is 0 Å². The molecule has 0 amide bonds. The van der Waals surface area contributed by atoms with Crippen LogP contribution >= 0.6 is 0 Å². The lowest BCUT2D eigenvalue weighted by Crippen LogP contribution is -2.01. The Morgan fingerprint density at radius 2 is 1.69 bits per heavy atom. The Morgan fingerprint density at radius 3 is 2.25 bits per heavy atom. The number of unbranched alkanes of at least 4 members (excludes halogenated alkanes) is 5. The van der Waals surface area contributed by atoms with E-state index in [4.69, 9.17) is 4.74 Å². The summed E-state index contributed by atoms with van der Waals surface area (Å²) >= 11 is 0. The van der Waals surface area contributed by atoms with Gasteiger partial charge in [0.25, 0.3) is 0 Å². The van der Waals surface area contributed by atoms with E-state index in [1.165, 1.54) is 38.2 Å². The molecule has 0 bridgehead atoms. The van der Waals surface area contributed by atoms with Gasteiger partial charge in [0.1, 0.15) is 0 Å². The van der Waals surface area contributed by atoms with E-state index in [9.17, 15) is 4.79 Å². The standard InChI is InChI=1S/C14H26O2/c1-4-14(15)16-12-10-8-6-5-7-9-11-13(2)3/h4,13H,1,5-12H2,2-3H3. The minimum absolute atomic E-state index is 0.308. The van der Waals surface area contributed by atoms with Crippen molar-refractivity contribution in [3.05, 3.63) is 12.7 Å². The molecule has 2 nitrogen and oxygen atoms in total. The fourth-order valence-electron chi connectivity index (χ4n) is 1.59. The topological polar surface area (TPSA) is 26.3 Å². The molecule has 0 saturated heterocycles. The van der Waals surface area contributed by atoms with E-state index in [0.29, 0.717) is 6.61 Å². The molecule has 0 aliphatic carbocycles. The lowest BCUT2D eigenvalue weighted by atomic mass is 10.0. The minimum atomic E-state index is -0.308. The maximum absolute atomic E-state index is 10.7. The highest BCUT2D eigenvalue weighted by atomic mass is 16.5. The van der Waals surface area contributed by atoms with Gasteiger partial charge in [0.15, 0.2) is 0 Å². The zero-order valence-corrected chi connectivity index (χ0v) is 10.8. The zero-order valence-electron chi connectivity index (χ0n) is 10.8. The van der Waals surface area contributed by atoms with Crippen molar-refractivity contribution >= 4 is 5.97 Å². The molecule has 2 heteroatoms. The van der Waals surface area contributed by atoms with Crippen LogP contribution in [-0.2, 0) is 9.53 Å². The van der Waals surface area contributed by atoms with Crippen LogP contribution in [0.25, 0.3) is 0 Å². The van der Waals surface area contributed by atoms with E-state index in [1.807, 2.05) is 0 Å². The van der Waals surface area contributed by atoms with Crippen molar-refractivity contribution < 1.29 is 9.53 Å². The van der Waals surface area contributed by atoms with Gasteiger partial charge in [-0.05, 0) is 12.3 Å². The molecular formula is C14H26O2. The number of carbonyl (C=O) groups excluding carboxylic acids is 1.